The molecule has 3 rings (SSSR count). The van der Waals surface area contributed by atoms with Gasteiger partial charge in [0.05, 0.1) is 11.0 Å². The van der Waals surface area contributed by atoms with Gasteiger partial charge in [-0.2, -0.15) is 0 Å². The van der Waals surface area contributed by atoms with Crippen molar-refractivity contribution in [2.45, 2.75) is 6.92 Å². The minimum Gasteiger partial charge on any atom is -0.462 e. The molecule has 0 radical (unpaired) electrons. The Bertz CT molecular complexity index is 750. The van der Waals surface area contributed by atoms with E-state index in [0.717, 1.165) is 16.8 Å². The number of carbonyl (C=O) groups is 1. The van der Waals surface area contributed by atoms with E-state index in [1.165, 1.54) is 6.08 Å². The summed E-state index contributed by atoms with van der Waals surface area (Å²) in [6, 6.07) is 11.2. The molecule has 20 heavy (non-hydrogen) atoms. The lowest BCUT2D eigenvalue weighted by Crippen LogP contribution is -2.08. The number of aromatic amines is 1. The van der Waals surface area contributed by atoms with E-state index in [2.05, 4.69) is 15.3 Å². The van der Waals surface area contributed by atoms with Gasteiger partial charge in [0, 0.05) is 6.08 Å². The molecule has 0 unspecified atom stereocenters. The highest BCUT2D eigenvalue weighted by atomic mass is 16.3. The maximum absolute atomic E-state index is 11.8. The highest BCUT2D eigenvalue weighted by molar-refractivity contribution is 6.01. The molecule has 5 heteroatoms. The number of hydrogen-bond donors (Lipinski definition) is 2. The Morgan fingerprint density at radius 1 is 1.30 bits per heavy atom. The van der Waals surface area contributed by atoms with E-state index in [9.17, 15) is 4.79 Å². The third kappa shape index (κ3) is 2.61. The average molecular weight is 267 g/mol. The smallest absolute Gasteiger partial charge is 0.250 e. The minimum absolute atomic E-state index is 0.266. The Kier molecular flexibility index (Phi) is 3.09. The molecule has 2 aromatic heterocycles. The van der Waals surface area contributed by atoms with Crippen LogP contribution in [0.25, 0.3) is 17.1 Å². The summed E-state index contributed by atoms with van der Waals surface area (Å²) in [5, 5.41) is 2.67. The quantitative estimate of drug-likeness (QED) is 0.716. The second-order valence-electron chi connectivity index (χ2n) is 4.37. The molecule has 0 fully saturated rings. The number of rotatable bonds is 3. The van der Waals surface area contributed by atoms with Crippen LogP contribution in [0.15, 0.2) is 46.9 Å². The van der Waals surface area contributed by atoms with Crippen molar-refractivity contribution in [3.63, 3.8) is 0 Å². The van der Waals surface area contributed by atoms with E-state index in [4.69, 9.17) is 4.42 Å². The monoisotopic (exact) mass is 267 g/mol. The van der Waals surface area contributed by atoms with Crippen LogP contribution in [0.5, 0.6) is 0 Å². The maximum Gasteiger partial charge on any atom is 0.250 e. The summed E-state index contributed by atoms with van der Waals surface area (Å²) in [7, 11) is 0. The van der Waals surface area contributed by atoms with E-state index in [1.54, 1.807) is 12.1 Å². The first-order valence-electron chi connectivity index (χ1n) is 6.21. The third-order valence-corrected chi connectivity index (χ3v) is 2.79. The Morgan fingerprint density at radius 3 is 2.90 bits per heavy atom. The molecule has 1 aromatic carbocycles. The second-order valence-corrected chi connectivity index (χ2v) is 4.37. The first-order chi connectivity index (χ1) is 9.70. The van der Waals surface area contributed by atoms with E-state index in [0.29, 0.717) is 11.7 Å². The van der Waals surface area contributed by atoms with Crippen LogP contribution in [0.2, 0.25) is 0 Å². The number of carbonyl (C=O) groups excluding carboxylic acids is 1. The molecule has 0 aliphatic rings. The largest absolute Gasteiger partial charge is 0.462 e. The summed E-state index contributed by atoms with van der Waals surface area (Å²) in [6.45, 7) is 1.85. The van der Waals surface area contributed by atoms with Crippen LogP contribution in [-0.4, -0.2) is 15.9 Å². The molecular formula is C15H13N3O2. The summed E-state index contributed by atoms with van der Waals surface area (Å²) in [5.74, 6) is 1.61. The van der Waals surface area contributed by atoms with Gasteiger partial charge >= 0.3 is 0 Å². The first kappa shape index (κ1) is 12.2. The Hall–Kier alpha value is -2.82. The highest BCUT2D eigenvalue weighted by Crippen LogP contribution is 2.13. The van der Waals surface area contributed by atoms with Crippen molar-refractivity contribution in [3.8, 4) is 0 Å². The SMILES string of the molecule is Cc1ccc(/C=C/C(=O)Nc2nc3ccccc3[nH]2)o1. The summed E-state index contributed by atoms with van der Waals surface area (Å²) >= 11 is 0. The molecule has 3 aromatic rings. The first-order valence-corrected chi connectivity index (χ1v) is 6.21. The van der Waals surface area contributed by atoms with Crippen molar-refractivity contribution in [3.05, 3.63) is 54.0 Å². The number of H-pyrrole nitrogens is 1. The summed E-state index contributed by atoms with van der Waals surface area (Å²) in [4.78, 5) is 19.1. The number of anilines is 1. The molecule has 0 saturated carbocycles. The van der Waals surface area contributed by atoms with Gasteiger partial charge < -0.3 is 9.40 Å². The fourth-order valence-electron chi connectivity index (χ4n) is 1.87. The van der Waals surface area contributed by atoms with Gasteiger partial charge in [-0.15, -0.1) is 0 Å². The van der Waals surface area contributed by atoms with Crippen LogP contribution >= 0.6 is 0 Å². The van der Waals surface area contributed by atoms with E-state index in [1.807, 2.05) is 37.3 Å². The molecule has 0 spiro atoms. The number of hydrogen-bond acceptors (Lipinski definition) is 3. The van der Waals surface area contributed by atoms with Gasteiger partial charge in [-0.25, -0.2) is 4.98 Å². The molecule has 0 atom stereocenters. The molecule has 2 heterocycles. The number of para-hydroxylation sites is 2. The van der Waals surface area contributed by atoms with Crippen molar-refractivity contribution < 1.29 is 9.21 Å². The van der Waals surface area contributed by atoms with Gasteiger partial charge in [0.15, 0.2) is 0 Å². The van der Waals surface area contributed by atoms with Gasteiger partial charge in [0.25, 0.3) is 5.91 Å². The lowest BCUT2D eigenvalue weighted by molar-refractivity contribution is -0.111. The fraction of sp³-hybridized carbons (Fsp3) is 0.0667. The normalized spacial score (nSPS) is 11.2. The van der Waals surface area contributed by atoms with Gasteiger partial charge in [-0.3, -0.25) is 10.1 Å². The van der Waals surface area contributed by atoms with E-state index >= 15 is 0 Å². The molecule has 0 aliphatic carbocycles. The average Bonchev–Trinajstić information content (AvgIpc) is 3.01. The zero-order valence-electron chi connectivity index (χ0n) is 10.9. The molecule has 2 N–H and O–H groups in total. The van der Waals surface area contributed by atoms with E-state index in [-0.39, 0.29) is 5.91 Å². The number of aryl methyl sites for hydroxylation is 1. The van der Waals surface area contributed by atoms with Gasteiger partial charge in [0.2, 0.25) is 5.95 Å². The molecule has 5 nitrogen and oxygen atoms in total. The standard InChI is InChI=1S/C15H13N3O2/c1-10-6-7-11(20-10)8-9-14(19)18-15-16-12-4-2-3-5-13(12)17-15/h2-9H,1H3,(H2,16,17,18,19)/b9-8+. The van der Waals surface area contributed by atoms with Crippen molar-refractivity contribution in [2.75, 3.05) is 5.32 Å². The zero-order valence-corrected chi connectivity index (χ0v) is 10.9. The van der Waals surface area contributed by atoms with Crippen LogP contribution in [-0.2, 0) is 4.79 Å². The molecule has 0 aliphatic heterocycles. The number of aromatic nitrogens is 2. The van der Waals surface area contributed by atoms with Crippen molar-refractivity contribution in [2.24, 2.45) is 0 Å². The molecule has 0 saturated heterocycles. The Morgan fingerprint density at radius 2 is 2.15 bits per heavy atom. The zero-order chi connectivity index (χ0) is 13.9. The molecule has 0 bridgehead atoms. The van der Waals surface area contributed by atoms with Crippen molar-refractivity contribution in [1.29, 1.82) is 0 Å². The van der Waals surface area contributed by atoms with Gasteiger partial charge in [0.1, 0.15) is 11.5 Å². The molecular weight excluding hydrogens is 254 g/mol. The predicted molar refractivity (Wildman–Crippen MR) is 77.2 cm³/mol. The molecule has 1 amide bonds. The summed E-state index contributed by atoms with van der Waals surface area (Å²) in [6.07, 6.45) is 3.02. The molecule has 100 valence electrons. The number of fused-ring (bicyclic) bond motifs is 1. The number of amides is 1. The Labute approximate surface area is 115 Å². The van der Waals surface area contributed by atoms with Crippen LogP contribution in [0, 0.1) is 6.92 Å². The van der Waals surface area contributed by atoms with Crippen LogP contribution < -0.4 is 5.32 Å². The van der Waals surface area contributed by atoms with Crippen molar-refractivity contribution in [1.82, 2.24) is 9.97 Å². The summed E-state index contributed by atoms with van der Waals surface area (Å²) in [5.41, 5.74) is 1.70. The fourth-order valence-corrected chi connectivity index (χ4v) is 1.87. The second kappa shape index (κ2) is 5.05. The van der Waals surface area contributed by atoms with E-state index < -0.39 is 0 Å². The van der Waals surface area contributed by atoms with Crippen LogP contribution in [0.4, 0.5) is 5.95 Å². The number of nitrogens with one attached hydrogen (secondary N) is 2. The number of benzene rings is 1. The number of nitrogens with zero attached hydrogens (tertiary/aromatic N) is 1. The van der Waals surface area contributed by atoms with Crippen LogP contribution in [0.3, 0.4) is 0 Å². The van der Waals surface area contributed by atoms with Gasteiger partial charge in [-0.05, 0) is 37.3 Å². The third-order valence-electron chi connectivity index (χ3n) is 2.79. The lowest BCUT2D eigenvalue weighted by atomic mass is 10.3. The van der Waals surface area contributed by atoms with Gasteiger partial charge in [-0.1, -0.05) is 12.1 Å². The predicted octanol–water partition coefficient (Wildman–Crippen LogP) is 3.12. The van der Waals surface area contributed by atoms with Crippen molar-refractivity contribution >= 4 is 29.0 Å². The Balaban J connectivity index is 1.70. The maximum atomic E-state index is 11.8. The van der Waals surface area contributed by atoms with Crippen LogP contribution in [0.1, 0.15) is 11.5 Å². The lowest BCUT2D eigenvalue weighted by Gasteiger charge is -1.95. The highest BCUT2D eigenvalue weighted by Gasteiger charge is 2.04. The minimum atomic E-state index is -0.266. The summed E-state index contributed by atoms with van der Waals surface area (Å²) < 4.78 is 5.34. The number of imidazole rings is 1. The topological polar surface area (TPSA) is 70.9 Å². The number of furan rings is 1.